The normalized spacial score (nSPS) is 14.7. The molecular weight excluding hydrogens is 501 g/mol. The zero-order chi connectivity index (χ0) is 28.1. The van der Waals surface area contributed by atoms with Crippen LogP contribution < -0.4 is 13.6 Å². The smallest absolute Gasteiger partial charge is 0.287 e. The molecule has 1 aromatic carbocycles. The fourth-order valence-corrected chi connectivity index (χ4v) is 8.08. The summed E-state index contributed by atoms with van der Waals surface area (Å²) in [6.45, 7) is 33.6. The van der Waals surface area contributed by atoms with Crippen LogP contribution in [0.2, 0.25) is 0 Å². The van der Waals surface area contributed by atoms with Crippen LogP contribution in [0.1, 0.15) is 104 Å². The van der Waals surface area contributed by atoms with Crippen LogP contribution in [0.4, 0.5) is 0 Å². The summed E-state index contributed by atoms with van der Waals surface area (Å²) in [7, 11) is -2.56. The van der Waals surface area contributed by atoms with E-state index in [1.165, 1.54) is 0 Å². The molecule has 0 aliphatic carbocycles. The van der Waals surface area contributed by atoms with E-state index in [4.69, 9.17) is 13.6 Å². The quantitative estimate of drug-likeness (QED) is 0.284. The lowest BCUT2D eigenvalue weighted by Gasteiger charge is -2.17. The molecular formula is C30H54O3P3+3. The fraction of sp³-hybridized carbons (Fsp3) is 0.700. The van der Waals surface area contributed by atoms with E-state index in [2.05, 4.69) is 133 Å². The van der Waals surface area contributed by atoms with Gasteiger partial charge in [0.2, 0.25) is 11.5 Å². The fourth-order valence-electron chi connectivity index (χ4n) is 3.02. The van der Waals surface area contributed by atoms with E-state index in [0.29, 0.717) is 17.8 Å². The third kappa shape index (κ3) is 11.3. The molecule has 0 saturated heterocycles. The SMILES string of the molecule is CC(C)C=[P+](Oc1cccc(O[P+](=CC(C)C)C(C)(C)C)c1O[P+](=CC(C)C)C(C)(C)C)C(C)(C)C. The second kappa shape index (κ2) is 13.3. The van der Waals surface area contributed by atoms with Crippen molar-refractivity contribution in [3.05, 3.63) is 18.2 Å². The molecule has 0 aromatic heterocycles. The number of para-hydroxylation sites is 1. The molecule has 0 aliphatic heterocycles. The number of rotatable bonds is 9. The lowest BCUT2D eigenvalue weighted by atomic mass is 10.3. The highest BCUT2D eigenvalue weighted by molar-refractivity contribution is 7.55. The summed E-state index contributed by atoms with van der Waals surface area (Å²) in [5.74, 6) is 10.7. The molecule has 0 radical (unpaired) electrons. The first kappa shape index (κ1) is 33.2. The van der Waals surface area contributed by atoms with E-state index in [-0.39, 0.29) is 15.5 Å². The molecule has 0 bridgehead atoms. The summed E-state index contributed by atoms with van der Waals surface area (Å²) < 4.78 is 20.6. The van der Waals surface area contributed by atoms with Gasteiger partial charge in [-0.3, -0.25) is 13.6 Å². The van der Waals surface area contributed by atoms with E-state index in [0.717, 1.165) is 17.2 Å². The van der Waals surface area contributed by atoms with Gasteiger partial charge < -0.3 is 0 Å². The van der Waals surface area contributed by atoms with Crippen LogP contribution in [0.15, 0.2) is 18.2 Å². The van der Waals surface area contributed by atoms with Gasteiger partial charge in [-0.25, -0.2) is 0 Å². The summed E-state index contributed by atoms with van der Waals surface area (Å²) in [5.41, 5.74) is 0. The van der Waals surface area contributed by atoms with Gasteiger partial charge in [-0.1, -0.05) is 47.6 Å². The Morgan fingerprint density at radius 3 is 1.06 bits per heavy atom. The number of hydrogen-bond acceptors (Lipinski definition) is 3. The Kier molecular flexibility index (Phi) is 12.2. The molecule has 0 fully saturated rings. The molecule has 36 heavy (non-hydrogen) atoms. The second-order valence-electron chi connectivity index (χ2n) is 13.5. The van der Waals surface area contributed by atoms with Crippen LogP contribution >= 0.6 is 23.3 Å². The Balaban J connectivity index is 3.83. The molecule has 3 nitrogen and oxygen atoms in total. The van der Waals surface area contributed by atoms with Crippen molar-refractivity contribution >= 4 is 40.7 Å². The van der Waals surface area contributed by atoms with Gasteiger partial charge in [0.15, 0.2) is 15.5 Å². The third-order valence-electron chi connectivity index (χ3n) is 4.81. The van der Waals surface area contributed by atoms with E-state index in [1.807, 2.05) is 6.07 Å². The van der Waals surface area contributed by atoms with E-state index < -0.39 is 23.3 Å². The average molecular weight is 556 g/mol. The topological polar surface area (TPSA) is 27.7 Å². The Labute approximate surface area is 226 Å². The predicted molar refractivity (Wildman–Crippen MR) is 171 cm³/mol. The van der Waals surface area contributed by atoms with Crippen molar-refractivity contribution in [1.29, 1.82) is 0 Å². The number of hydrogen-bond donors (Lipinski definition) is 0. The third-order valence-corrected chi connectivity index (χ3v) is 12.5. The van der Waals surface area contributed by atoms with Gasteiger partial charge in [0.05, 0.1) is 0 Å². The first-order chi connectivity index (χ1) is 16.2. The van der Waals surface area contributed by atoms with Gasteiger partial charge in [-0.2, -0.15) is 0 Å². The largest absolute Gasteiger partial charge is 0.308 e. The van der Waals surface area contributed by atoms with Gasteiger partial charge in [0.1, 0.15) is 17.4 Å². The molecule has 3 atom stereocenters. The number of benzene rings is 1. The van der Waals surface area contributed by atoms with Crippen molar-refractivity contribution in [2.75, 3.05) is 0 Å². The highest BCUT2D eigenvalue weighted by Crippen LogP contribution is 2.54. The van der Waals surface area contributed by atoms with Gasteiger partial charge in [-0.15, -0.1) is 0 Å². The molecule has 0 aliphatic rings. The molecule has 0 heterocycles. The first-order valence-electron chi connectivity index (χ1n) is 13.3. The summed E-state index contributed by atoms with van der Waals surface area (Å²) >= 11 is 0. The van der Waals surface area contributed by atoms with E-state index >= 15 is 0 Å². The molecule has 204 valence electrons. The molecule has 0 N–H and O–H groups in total. The molecule has 0 amide bonds. The van der Waals surface area contributed by atoms with Crippen LogP contribution in [0.25, 0.3) is 0 Å². The minimum absolute atomic E-state index is 0.00992. The Hall–Kier alpha value is -0.870. The Bertz CT molecular complexity index is 895. The minimum atomic E-state index is -0.880. The summed E-state index contributed by atoms with van der Waals surface area (Å²) in [5, 5.41) is 0.00757. The van der Waals surface area contributed by atoms with Crippen molar-refractivity contribution < 1.29 is 13.6 Å². The van der Waals surface area contributed by atoms with Gasteiger partial charge in [0.25, 0.3) is 5.75 Å². The zero-order valence-electron chi connectivity index (χ0n) is 25.8. The maximum absolute atomic E-state index is 6.94. The van der Waals surface area contributed by atoms with Crippen LogP contribution in [-0.4, -0.2) is 32.9 Å². The van der Waals surface area contributed by atoms with Crippen molar-refractivity contribution in [1.82, 2.24) is 0 Å². The van der Waals surface area contributed by atoms with Gasteiger partial charge in [-0.05, 0) is 74.4 Å². The Morgan fingerprint density at radius 1 is 0.528 bits per heavy atom. The van der Waals surface area contributed by atoms with Crippen molar-refractivity contribution in [2.24, 2.45) is 17.8 Å². The second-order valence-corrected chi connectivity index (χ2v) is 20.9. The molecule has 1 rings (SSSR count). The van der Waals surface area contributed by atoms with Crippen molar-refractivity contribution in [3.63, 3.8) is 0 Å². The van der Waals surface area contributed by atoms with Gasteiger partial charge in [0, 0.05) is 17.8 Å². The summed E-state index contributed by atoms with van der Waals surface area (Å²) in [4.78, 5) is 0. The maximum Gasteiger partial charge on any atom is 0.308 e. The Morgan fingerprint density at radius 2 is 0.806 bits per heavy atom. The highest BCUT2D eigenvalue weighted by atomic mass is 31.1. The zero-order valence-corrected chi connectivity index (χ0v) is 28.4. The highest BCUT2D eigenvalue weighted by Gasteiger charge is 2.40. The molecule has 3 unspecified atom stereocenters. The summed E-state index contributed by atoms with van der Waals surface area (Å²) in [6, 6.07) is 6.14. The lowest BCUT2D eigenvalue weighted by Crippen LogP contribution is -2.15. The average Bonchev–Trinajstić information content (AvgIpc) is 2.65. The van der Waals surface area contributed by atoms with Crippen LogP contribution in [0.5, 0.6) is 17.2 Å². The molecule has 1 aromatic rings. The standard InChI is InChI=1S/C30H54O3P3/c1-22(2)19-34(28(7,8)9)31-25-17-16-18-26(32-35(20-23(3)4)29(10,11)12)27(25)33-36(21-24(5)6)30(13,14)15/h16-24H,1-15H3/q+3. The molecule has 0 saturated carbocycles. The maximum atomic E-state index is 6.94. The van der Waals surface area contributed by atoms with Crippen LogP contribution in [-0.2, 0) is 0 Å². The monoisotopic (exact) mass is 555 g/mol. The van der Waals surface area contributed by atoms with E-state index in [9.17, 15) is 0 Å². The van der Waals surface area contributed by atoms with Crippen LogP contribution in [0.3, 0.4) is 0 Å². The molecule has 0 spiro atoms. The molecule has 6 heteroatoms. The predicted octanol–water partition coefficient (Wildman–Crippen LogP) is 10.8. The van der Waals surface area contributed by atoms with Crippen molar-refractivity contribution in [2.45, 2.75) is 119 Å². The van der Waals surface area contributed by atoms with E-state index in [1.54, 1.807) is 0 Å². The lowest BCUT2D eigenvalue weighted by molar-refractivity contribution is 0.494. The van der Waals surface area contributed by atoms with Crippen LogP contribution in [0, 0.1) is 17.8 Å². The minimum Gasteiger partial charge on any atom is -0.287 e. The van der Waals surface area contributed by atoms with Gasteiger partial charge >= 0.3 is 23.3 Å². The summed E-state index contributed by atoms with van der Waals surface area (Å²) in [6.07, 6.45) is 0. The van der Waals surface area contributed by atoms with Crippen molar-refractivity contribution in [3.8, 4) is 17.2 Å². The first-order valence-corrected chi connectivity index (χ1v) is 17.3.